The number of nitrogens with one attached hydrogen (secondary N) is 2. The normalized spacial score (nSPS) is 22.0. The molecule has 0 saturated carbocycles. The largest absolute Gasteiger partial charge is 0.341 e. The number of amides is 4. The zero-order valence-corrected chi connectivity index (χ0v) is 7.46. The summed E-state index contributed by atoms with van der Waals surface area (Å²) in [7, 11) is 2.84. The predicted molar refractivity (Wildman–Crippen MR) is 43.8 cm³/mol. The van der Waals surface area contributed by atoms with Gasteiger partial charge in [-0.2, -0.15) is 0 Å². The molecule has 0 aliphatic carbocycles. The Morgan fingerprint density at radius 3 is 2.54 bits per heavy atom. The summed E-state index contributed by atoms with van der Waals surface area (Å²) in [5.74, 6) is -0.639. The minimum atomic E-state index is -0.711. The van der Waals surface area contributed by atoms with E-state index in [-0.39, 0.29) is 18.2 Å². The lowest BCUT2D eigenvalue weighted by atomic mass is 10.2. The molecule has 6 heteroatoms. The zero-order valence-electron chi connectivity index (χ0n) is 7.46. The molecule has 1 rings (SSSR count). The van der Waals surface area contributed by atoms with Gasteiger partial charge in [0.15, 0.2) is 0 Å². The summed E-state index contributed by atoms with van der Waals surface area (Å²) < 4.78 is 0. The van der Waals surface area contributed by atoms with Gasteiger partial charge in [0.25, 0.3) is 5.91 Å². The minimum absolute atomic E-state index is 0.0444. The van der Waals surface area contributed by atoms with Gasteiger partial charge in [-0.05, 0) is 0 Å². The summed E-state index contributed by atoms with van der Waals surface area (Å²) in [6.07, 6.45) is 0.0444. The standard InChI is InChI=1S/C7H11N3O3/c1-8-7(13)9-4-3-5(11)10(2)6(4)12/h4H,3H2,1-2H3,(H2,8,9,13). The summed E-state index contributed by atoms with van der Waals surface area (Å²) in [6, 6.07) is -1.17. The Morgan fingerprint density at radius 2 is 2.15 bits per heavy atom. The number of nitrogens with zero attached hydrogens (tertiary/aromatic N) is 1. The topological polar surface area (TPSA) is 78.5 Å². The summed E-state index contributed by atoms with van der Waals surface area (Å²) >= 11 is 0. The zero-order chi connectivity index (χ0) is 10.0. The van der Waals surface area contributed by atoms with Crippen molar-refractivity contribution in [3.8, 4) is 0 Å². The van der Waals surface area contributed by atoms with Crippen LogP contribution in [0.1, 0.15) is 6.42 Å². The molecule has 1 saturated heterocycles. The highest BCUT2D eigenvalue weighted by Gasteiger charge is 2.36. The molecule has 72 valence electrons. The van der Waals surface area contributed by atoms with Crippen LogP contribution in [0.5, 0.6) is 0 Å². The first-order valence-corrected chi connectivity index (χ1v) is 3.85. The molecular weight excluding hydrogens is 174 g/mol. The van der Waals surface area contributed by atoms with E-state index in [1.807, 2.05) is 0 Å². The highest BCUT2D eigenvalue weighted by molar-refractivity contribution is 6.06. The van der Waals surface area contributed by atoms with Gasteiger partial charge in [0.1, 0.15) is 6.04 Å². The minimum Gasteiger partial charge on any atom is -0.341 e. The van der Waals surface area contributed by atoms with Crippen molar-refractivity contribution < 1.29 is 14.4 Å². The van der Waals surface area contributed by atoms with Gasteiger partial charge in [-0.15, -0.1) is 0 Å². The van der Waals surface area contributed by atoms with E-state index in [2.05, 4.69) is 10.6 Å². The van der Waals surface area contributed by atoms with Crippen molar-refractivity contribution in [1.29, 1.82) is 0 Å². The van der Waals surface area contributed by atoms with E-state index < -0.39 is 12.1 Å². The first kappa shape index (κ1) is 9.50. The van der Waals surface area contributed by atoms with E-state index in [1.54, 1.807) is 0 Å². The van der Waals surface area contributed by atoms with Crippen LogP contribution in [0, 0.1) is 0 Å². The summed E-state index contributed by atoms with van der Waals surface area (Å²) in [5.41, 5.74) is 0. The van der Waals surface area contributed by atoms with Gasteiger partial charge in [0.2, 0.25) is 5.91 Å². The average molecular weight is 185 g/mol. The van der Waals surface area contributed by atoms with Crippen molar-refractivity contribution in [3.63, 3.8) is 0 Å². The van der Waals surface area contributed by atoms with Crippen LogP contribution in [0.2, 0.25) is 0 Å². The highest BCUT2D eigenvalue weighted by Crippen LogP contribution is 2.09. The van der Waals surface area contributed by atoms with Crippen LogP contribution >= 0.6 is 0 Å². The number of imide groups is 1. The van der Waals surface area contributed by atoms with E-state index in [9.17, 15) is 14.4 Å². The molecule has 1 aliphatic heterocycles. The Labute approximate surface area is 75.3 Å². The van der Waals surface area contributed by atoms with Crippen LogP contribution in [0.4, 0.5) is 4.79 Å². The number of rotatable bonds is 1. The number of likely N-dealkylation sites (N-methyl/N-ethyl adjacent to an activating group) is 1. The fourth-order valence-electron chi connectivity index (χ4n) is 1.10. The van der Waals surface area contributed by atoms with Gasteiger partial charge < -0.3 is 10.6 Å². The Kier molecular flexibility index (Phi) is 2.50. The van der Waals surface area contributed by atoms with E-state index in [1.165, 1.54) is 14.1 Å². The van der Waals surface area contributed by atoms with Crippen LogP contribution in [0.15, 0.2) is 0 Å². The number of likely N-dealkylation sites (tertiary alicyclic amines) is 1. The molecular formula is C7H11N3O3. The predicted octanol–water partition coefficient (Wildman–Crippen LogP) is -1.33. The van der Waals surface area contributed by atoms with Crippen LogP contribution < -0.4 is 10.6 Å². The molecule has 0 spiro atoms. The van der Waals surface area contributed by atoms with Crippen molar-refractivity contribution in [2.75, 3.05) is 14.1 Å². The number of carbonyl (C=O) groups is 3. The Hall–Kier alpha value is -1.59. The molecule has 1 fully saturated rings. The maximum absolute atomic E-state index is 11.2. The number of hydrogen-bond donors (Lipinski definition) is 2. The number of urea groups is 1. The lowest BCUT2D eigenvalue weighted by Crippen LogP contribution is -2.44. The van der Waals surface area contributed by atoms with E-state index in [4.69, 9.17) is 0 Å². The maximum atomic E-state index is 11.2. The Bertz CT molecular complexity index is 264. The van der Waals surface area contributed by atoms with Crippen molar-refractivity contribution in [1.82, 2.24) is 15.5 Å². The van der Waals surface area contributed by atoms with Crippen LogP contribution in [-0.2, 0) is 9.59 Å². The maximum Gasteiger partial charge on any atom is 0.315 e. The molecule has 2 N–H and O–H groups in total. The summed E-state index contributed by atoms with van der Waals surface area (Å²) in [5, 5.41) is 4.69. The monoisotopic (exact) mass is 185 g/mol. The molecule has 0 bridgehead atoms. The van der Waals surface area contributed by atoms with Gasteiger partial charge in [-0.25, -0.2) is 4.79 Å². The number of carbonyl (C=O) groups excluding carboxylic acids is 3. The lowest BCUT2D eigenvalue weighted by Gasteiger charge is -2.09. The van der Waals surface area contributed by atoms with Crippen molar-refractivity contribution in [2.24, 2.45) is 0 Å². The van der Waals surface area contributed by atoms with Crippen molar-refractivity contribution >= 4 is 17.8 Å². The number of hydrogen-bond acceptors (Lipinski definition) is 3. The van der Waals surface area contributed by atoms with Crippen LogP contribution in [-0.4, -0.2) is 42.9 Å². The van der Waals surface area contributed by atoms with Crippen molar-refractivity contribution in [2.45, 2.75) is 12.5 Å². The third-order valence-corrected chi connectivity index (χ3v) is 1.91. The molecule has 0 aromatic heterocycles. The molecule has 6 nitrogen and oxygen atoms in total. The third kappa shape index (κ3) is 1.77. The Morgan fingerprint density at radius 1 is 1.54 bits per heavy atom. The van der Waals surface area contributed by atoms with Gasteiger partial charge in [0.05, 0.1) is 6.42 Å². The van der Waals surface area contributed by atoms with E-state index in [0.717, 1.165) is 4.90 Å². The highest BCUT2D eigenvalue weighted by atomic mass is 16.2. The third-order valence-electron chi connectivity index (χ3n) is 1.91. The second-order valence-electron chi connectivity index (χ2n) is 2.77. The second-order valence-corrected chi connectivity index (χ2v) is 2.77. The van der Waals surface area contributed by atoms with Crippen LogP contribution in [0.3, 0.4) is 0 Å². The van der Waals surface area contributed by atoms with Gasteiger partial charge in [0, 0.05) is 14.1 Å². The molecule has 0 aromatic carbocycles. The van der Waals surface area contributed by atoms with E-state index in [0.29, 0.717) is 0 Å². The quantitative estimate of drug-likeness (QED) is 0.497. The summed E-state index contributed by atoms with van der Waals surface area (Å²) in [4.78, 5) is 34.1. The fraction of sp³-hybridized carbons (Fsp3) is 0.571. The van der Waals surface area contributed by atoms with Crippen molar-refractivity contribution in [3.05, 3.63) is 0 Å². The lowest BCUT2D eigenvalue weighted by molar-refractivity contribution is -0.137. The summed E-state index contributed by atoms with van der Waals surface area (Å²) in [6.45, 7) is 0. The SMILES string of the molecule is CNC(=O)NC1CC(=O)N(C)C1=O. The molecule has 0 radical (unpaired) electrons. The molecule has 1 aliphatic rings. The van der Waals surface area contributed by atoms with Gasteiger partial charge >= 0.3 is 6.03 Å². The molecule has 1 unspecified atom stereocenters. The van der Waals surface area contributed by atoms with E-state index >= 15 is 0 Å². The average Bonchev–Trinajstić information content (AvgIpc) is 2.34. The molecule has 4 amide bonds. The molecule has 0 aromatic rings. The molecule has 1 atom stereocenters. The van der Waals surface area contributed by atoms with Crippen LogP contribution in [0.25, 0.3) is 0 Å². The van der Waals surface area contributed by atoms with Gasteiger partial charge in [-0.1, -0.05) is 0 Å². The Balaban J connectivity index is 2.59. The fourth-order valence-corrected chi connectivity index (χ4v) is 1.10. The first-order valence-electron chi connectivity index (χ1n) is 3.85. The molecule has 13 heavy (non-hydrogen) atoms. The smallest absolute Gasteiger partial charge is 0.315 e. The molecule has 1 heterocycles. The second kappa shape index (κ2) is 3.42. The first-order chi connectivity index (χ1) is 6.06. The van der Waals surface area contributed by atoms with Gasteiger partial charge in [-0.3, -0.25) is 14.5 Å².